The lowest BCUT2D eigenvalue weighted by molar-refractivity contribution is 0.390. The van der Waals surface area contributed by atoms with Crippen molar-refractivity contribution in [1.82, 2.24) is 0 Å². The van der Waals surface area contributed by atoms with E-state index in [9.17, 15) is 12.8 Å². The van der Waals surface area contributed by atoms with Gasteiger partial charge in [-0.05, 0) is 55.3 Å². The Hall–Kier alpha value is -2.34. The minimum absolute atomic E-state index is 0.0736. The smallest absolute Gasteiger partial charge is 0.339 e. The van der Waals surface area contributed by atoms with Crippen molar-refractivity contribution in [3.8, 4) is 11.5 Å². The van der Waals surface area contributed by atoms with Crippen LogP contribution in [-0.2, 0) is 10.1 Å². The summed E-state index contributed by atoms with van der Waals surface area (Å²) in [7, 11) is -2.66. The Morgan fingerprint density at radius 1 is 1.09 bits per heavy atom. The fourth-order valence-corrected chi connectivity index (χ4v) is 3.26. The van der Waals surface area contributed by atoms with Crippen molar-refractivity contribution in [2.24, 2.45) is 0 Å². The van der Waals surface area contributed by atoms with Crippen LogP contribution in [0.2, 0.25) is 0 Å². The first kappa shape index (κ1) is 17.0. The minimum Gasteiger partial charge on any atom is -0.493 e. The fraction of sp³-hybridized carbons (Fsp3) is 0.176. The topological polar surface area (TPSA) is 52.6 Å². The zero-order valence-electron chi connectivity index (χ0n) is 13.0. The highest BCUT2D eigenvalue weighted by atomic mass is 32.2. The van der Waals surface area contributed by atoms with Crippen molar-refractivity contribution in [3.05, 3.63) is 59.4 Å². The molecule has 0 spiro atoms. The van der Waals surface area contributed by atoms with Gasteiger partial charge in [0.05, 0.1) is 7.11 Å². The first-order valence-corrected chi connectivity index (χ1v) is 8.29. The van der Waals surface area contributed by atoms with E-state index in [0.29, 0.717) is 5.75 Å². The third-order valence-corrected chi connectivity index (χ3v) is 4.55. The van der Waals surface area contributed by atoms with Gasteiger partial charge in [0.15, 0.2) is 11.5 Å². The number of aryl methyl sites for hydroxylation is 1. The van der Waals surface area contributed by atoms with Crippen molar-refractivity contribution < 1.29 is 21.7 Å². The molecule has 0 saturated heterocycles. The summed E-state index contributed by atoms with van der Waals surface area (Å²) in [6.45, 7) is 3.38. The molecule has 0 N–H and O–H groups in total. The van der Waals surface area contributed by atoms with Crippen LogP contribution < -0.4 is 8.92 Å². The molecule has 0 unspecified atom stereocenters. The molecule has 4 nitrogen and oxygen atoms in total. The molecule has 6 heteroatoms. The molecular weight excluding hydrogens is 319 g/mol. The molecule has 0 aliphatic rings. The van der Waals surface area contributed by atoms with Crippen LogP contribution in [0.1, 0.15) is 18.1 Å². The molecule has 0 aliphatic heterocycles. The van der Waals surface area contributed by atoms with Gasteiger partial charge in [0, 0.05) is 0 Å². The molecule has 0 atom stereocenters. The maximum absolute atomic E-state index is 13.1. The molecule has 2 rings (SSSR count). The second kappa shape index (κ2) is 6.83. The molecule has 0 amide bonds. The quantitative estimate of drug-likeness (QED) is 0.776. The van der Waals surface area contributed by atoms with Crippen molar-refractivity contribution >= 4 is 16.2 Å². The fourth-order valence-electron chi connectivity index (χ4n) is 2.11. The van der Waals surface area contributed by atoms with Gasteiger partial charge in [-0.1, -0.05) is 18.2 Å². The number of hydrogen-bond donors (Lipinski definition) is 0. The number of allylic oxidation sites excluding steroid dienone is 1. The molecule has 0 aliphatic carbocycles. The van der Waals surface area contributed by atoms with E-state index >= 15 is 0 Å². The van der Waals surface area contributed by atoms with E-state index in [4.69, 9.17) is 8.92 Å². The highest BCUT2D eigenvalue weighted by Gasteiger charge is 2.21. The predicted molar refractivity (Wildman–Crippen MR) is 86.7 cm³/mol. The van der Waals surface area contributed by atoms with Crippen molar-refractivity contribution in [2.75, 3.05) is 7.11 Å². The lowest BCUT2D eigenvalue weighted by Gasteiger charge is -2.12. The third-order valence-electron chi connectivity index (χ3n) is 3.15. The molecule has 0 fully saturated rings. The number of benzene rings is 2. The van der Waals surface area contributed by atoms with Gasteiger partial charge in [0.2, 0.25) is 0 Å². The van der Waals surface area contributed by atoms with E-state index < -0.39 is 15.9 Å². The summed E-state index contributed by atoms with van der Waals surface area (Å²) < 4.78 is 48.3. The summed E-state index contributed by atoms with van der Waals surface area (Å²) in [6, 6.07) is 8.30. The molecule has 2 aromatic carbocycles. The molecular formula is C17H17FO4S. The Morgan fingerprint density at radius 2 is 1.83 bits per heavy atom. The van der Waals surface area contributed by atoms with Crippen LogP contribution in [0.15, 0.2) is 47.4 Å². The van der Waals surface area contributed by atoms with Crippen LogP contribution >= 0.6 is 0 Å². The van der Waals surface area contributed by atoms with Gasteiger partial charge in [0.25, 0.3) is 0 Å². The van der Waals surface area contributed by atoms with Crippen molar-refractivity contribution in [2.45, 2.75) is 18.7 Å². The Labute approximate surface area is 135 Å². The van der Waals surface area contributed by atoms with E-state index in [-0.39, 0.29) is 16.2 Å². The number of methoxy groups -OCH3 is 1. The first-order chi connectivity index (χ1) is 10.9. The monoisotopic (exact) mass is 336 g/mol. The van der Waals surface area contributed by atoms with Gasteiger partial charge in [0.1, 0.15) is 10.7 Å². The summed E-state index contributed by atoms with van der Waals surface area (Å²) in [5.74, 6) is -0.136. The zero-order chi connectivity index (χ0) is 17.0. The lowest BCUT2D eigenvalue weighted by atomic mass is 10.2. The van der Waals surface area contributed by atoms with Gasteiger partial charge in [-0.3, -0.25) is 0 Å². The third kappa shape index (κ3) is 3.90. The van der Waals surface area contributed by atoms with Crippen LogP contribution in [0.5, 0.6) is 11.5 Å². The maximum atomic E-state index is 13.1. The van der Waals surface area contributed by atoms with E-state index in [0.717, 1.165) is 17.7 Å². The Balaban J connectivity index is 2.40. The molecule has 23 heavy (non-hydrogen) atoms. The second-order valence-corrected chi connectivity index (χ2v) is 6.37. The minimum atomic E-state index is -4.08. The van der Waals surface area contributed by atoms with Crippen molar-refractivity contribution in [1.29, 1.82) is 0 Å². The average molecular weight is 336 g/mol. The standard InChI is InChI=1S/C17H17FO4S/c1-4-5-13-6-8-15(16(11-13)21-3)22-23(19,20)17-9-7-14(18)10-12(17)2/h4-11H,1-3H3/b5-4+. The summed E-state index contributed by atoms with van der Waals surface area (Å²) >= 11 is 0. The Bertz CT molecular complexity index is 842. The summed E-state index contributed by atoms with van der Waals surface area (Å²) in [6.07, 6.45) is 3.71. The molecule has 0 bridgehead atoms. The first-order valence-electron chi connectivity index (χ1n) is 6.89. The molecule has 0 heterocycles. The van der Waals surface area contributed by atoms with Crippen LogP contribution in [0.25, 0.3) is 6.08 Å². The summed E-state index contributed by atoms with van der Waals surface area (Å²) in [5, 5.41) is 0. The van der Waals surface area contributed by atoms with Crippen LogP contribution in [0.3, 0.4) is 0 Å². The highest BCUT2D eigenvalue weighted by molar-refractivity contribution is 7.87. The number of hydrogen-bond acceptors (Lipinski definition) is 4. The molecule has 122 valence electrons. The SMILES string of the molecule is C/C=C/c1ccc(OS(=O)(=O)c2ccc(F)cc2C)c(OC)c1. The van der Waals surface area contributed by atoms with E-state index in [2.05, 4.69) is 0 Å². The van der Waals surface area contributed by atoms with Gasteiger partial charge >= 0.3 is 10.1 Å². The van der Waals surface area contributed by atoms with E-state index in [1.807, 2.05) is 19.1 Å². The Kier molecular flexibility index (Phi) is 5.05. The number of halogens is 1. The maximum Gasteiger partial charge on any atom is 0.339 e. The van der Waals surface area contributed by atoms with Gasteiger partial charge in [-0.2, -0.15) is 8.42 Å². The van der Waals surface area contributed by atoms with Crippen LogP contribution in [0.4, 0.5) is 4.39 Å². The molecule has 0 saturated carbocycles. The van der Waals surface area contributed by atoms with E-state index in [1.165, 1.54) is 26.2 Å². The average Bonchev–Trinajstić information content (AvgIpc) is 2.48. The van der Waals surface area contributed by atoms with Gasteiger partial charge in [-0.15, -0.1) is 0 Å². The summed E-state index contributed by atoms with van der Waals surface area (Å²) in [4.78, 5) is -0.0847. The van der Waals surface area contributed by atoms with Gasteiger partial charge in [-0.25, -0.2) is 4.39 Å². The second-order valence-electron chi connectivity index (χ2n) is 4.86. The molecule has 2 aromatic rings. The lowest BCUT2D eigenvalue weighted by Crippen LogP contribution is -2.12. The normalized spacial score (nSPS) is 11.7. The molecule has 0 aromatic heterocycles. The number of rotatable bonds is 5. The van der Waals surface area contributed by atoms with E-state index in [1.54, 1.807) is 12.1 Å². The Morgan fingerprint density at radius 3 is 2.43 bits per heavy atom. The summed E-state index contributed by atoms with van der Waals surface area (Å²) in [5.41, 5.74) is 1.13. The number of ether oxygens (including phenoxy) is 1. The van der Waals surface area contributed by atoms with Crippen LogP contribution in [0, 0.1) is 12.7 Å². The van der Waals surface area contributed by atoms with Gasteiger partial charge < -0.3 is 8.92 Å². The van der Waals surface area contributed by atoms with Crippen molar-refractivity contribution in [3.63, 3.8) is 0 Å². The largest absolute Gasteiger partial charge is 0.493 e. The molecule has 0 radical (unpaired) electrons. The zero-order valence-corrected chi connectivity index (χ0v) is 13.9. The highest BCUT2D eigenvalue weighted by Crippen LogP contribution is 2.31. The predicted octanol–water partition coefficient (Wildman–Crippen LogP) is 3.94. The van der Waals surface area contributed by atoms with Crippen LogP contribution in [-0.4, -0.2) is 15.5 Å².